The zero-order valence-electron chi connectivity index (χ0n) is 24.6. The van der Waals surface area contributed by atoms with Gasteiger partial charge in [0.25, 0.3) is 6.71 Å². The molecule has 0 amide bonds. The Morgan fingerprint density at radius 3 is 1.43 bits per heavy atom. The molecule has 0 unspecified atom stereocenters. The molecule has 0 bridgehead atoms. The standard InChI is InChI=1S/C36H14B2F8N2S/c39-15-5-8-22-19(11-15)37-18-3-1-2-4-26(18)49-27-14-25-28-35(29(27)37)47(22)23-9-6-16(40)12-20(23)38(28)21-13-17(41)7-10-24(21)48(25)36-33(45)31(43)30(42)32(44)34(36)46/h1-14H. The van der Waals surface area contributed by atoms with E-state index in [1.165, 1.54) is 42.1 Å². The minimum absolute atomic E-state index is 0.0473. The Hall–Kier alpha value is -5.16. The van der Waals surface area contributed by atoms with E-state index in [0.717, 1.165) is 32.9 Å². The third kappa shape index (κ3) is 3.60. The van der Waals surface area contributed by atoms with Crippen LogP contribution in [0.2, 0.25) is 0 Å². The van der Waals surface area contributed by atoms with E-state index in [-0.39, 0.29) is 16.8 Å². The van der Waals surface area contributed by atoms with Crippen molar-refractivity contribution in [2.75, 3.05) is 9.80 Å². The van der Waals surface area contributed by atoms with Crippen molar-refractivity contribution in [2.45, 2.75) is 9.79 Å². The molecule has 0 aromatic heterocycles. The van der Waals surface area contributed by atoms with E-state index in [4.69, 9.17) is 0 Å². The highest BCUT2D eigenvalue weighted by Crippen LogP contribution is 2.49. The highest BCUT2D eigenvalue weighted by atomic mass is 32.2. The Labute approximate surface area is 277 Å². The molecule has 6 aromatic carbocycles. The maximum Gasteiger partial charge on any atom is 0.252 e. The van der Waals surface area contributed by atoms with Gasteiger partial charge in [-0.15, -0.1) is 0 Å². The van der Waals surface area contributed by atoms with Gasteiger partial charge in [0.2, 0.25) is 12.5 Å². The molecule has 0 saturated carbocycles. The first-order valence-electron chi connectivity index (χ1n) is 15.1. The summed E-state index contributed by atoms with van der Waals surface area (Å²) in [5.74, 6) is -12.5. The van der Waals surface area contributed by atoms with E-state index >= 15 is 22.0 Å². The van der Waals surface area contributed by atoms with Crippen LogP contribution in [0.5, 0.6) is 0 Å². The average molecular weight is 680 g/mol. The molecule has 0 saturated heterocycles. The van der Waals surface area contributed by atoms with Crippen molar-refractivity contribution in [2.24, 2.45) is 0 Å². The van der Waals surface area contributed by atoms with E-state index in [1.54, 1.807) is 18.2 Å². The van der Waals surface area contributed by atoms with Crippen LogP contribution in [0.15, 0.2) is 94.7 Å². The molecule has 0 radical (unpaired) electrons. The van der Waals surface area contributed by atoms with E-state index in [0.29, 0.717) is 38.3 Å². The smallest absolute Gasteiger partial charge is 0.252 e. The summed E-state index contributed by atoms with van der Waals surface area (Å²) in [7, 11) is 0. The van der Waals surface area contributed by atoms with Gasteiger partial charge >= 0.3 is 0 Å². The van der Waals surface area contributed by atoms with Crippen molar-refractivity contribution < 1.29 is 35.1 Å². The largest absolute Gasteiger partial charge is 0.312 e. The molecule has 6 aromatic rings. The van der Waals surface area contributed by atoms with Gasteiger partial charge in [-0.25, -0.2) is 35.1 Å². The lowest BCUT2D eigenvalue weighted by molar-refractivity contribution is 0.380. The van der Waals surface area contributed by atoms with Gasteiger partial charge in [0.05, 0.1) is 0 Å². The fourth-order valence-corrected chi connectivity index (χ4v) is 9.22. The van der Waals surface area contributed by atoms with Crippen molar-refractivity contribution >= 4 is 92.1 Å². The van der Waals surface area contributed by atoms with Gasteiger partial charge in [-0.3, -0.25) is 0 Å². The van der Waals surface area contributed by atoms with Crippen LogP contribution in [0.3, 0.4) is 0 Å². The topological polar surface area (TPSA) is 6.48 Å². The van der Waals surface area contributed by atoms with Gasteiger partial charge in [0.15, 0.2) is 23.3 Å². The van der Waals surface area contributed by atoms with Crippen molar-refractivity contribution in [3.05, 3.63) is 131 Å². The molecule has 0 N–H and O–H groups in total. The number of fused-ring (bicyclic) bond motifs is 10. The highest BCUT2D eigenvalue weighted by molar-refractivity contribution is 8.00. The highest BCUT2D eigenvalue weighted by Gasteiger charge is 2.51. The molecule has 10 rings (SSSR count). The fraction of sp³-hybridized carbons (Fsp3) is 0. The predicted octanol–water partition coefficient (Wildman–Crippen LogP) is 6.18. The molecule has 0 fully saturated rings. The molecule has 4 heterocycles. The molecular formula is C36H14B2F8N2S. The molecule has 0 aliphatic carbocycles. The molecule has 236 valence electrons. The Balaban J connectivity index is 1.41. The first-order chi connectivity index (χ1) is 23.6. The molecule has 2 nitrogen and oxygen atoms in total. The van der Waals surface area contributed by atoms with Crippen LogP contribution in [-0.4, -0.2) is 13.4 Å². The monoisotopic (exact) mass is 680 g/mol. The van der Waals surface area contributed by atoms with Gasteiger partial charge in [0.1, 0.15) is 23.1 Å². The number of anilines is 6. The lowest BCUT2D eigenvalue weighted by Crippen LogP contribution is -2.68. The van der Waals surface area contributed by atoms with E-state index in [2.05, 4.69) is 0 Å². The van der Waals surface area contributed by atoms with Crippen LogP contribution >= 0.6 is 11.8 Å². The van der Waals surface area contributed by atoms with Crippen LogP contribution in [0, 0.1) is 46.5 Å². The first-order valence-corrected chi connectivity index (χ1v) is 15.9. The Bertz CT molecular complexity index is 2500. The third-order valence-electron chi connectivity index (χ3n) is 9.85. The number of hydrogen-bond acceptors (Lipinski definition) is 3. The Morgan fingerprint density at radius 1 is 0.408 bits per heavy atom. The third-order valence-corrected chi connectivity index (χ3v) is 11.0. The maximum absolute atomic E-state index is 15.8. The Kier molecular flexibility index (Phi) is 5.72. The number of rotatable bonds is 1. The second kappa shape index (κ2) is 9.72. The molecule has 13 heteroatoms. The summed E-state index contributed by atoms with van der Waals surface area (Å²) in [4.78, 5) is 4.18. The average Bonchev–Trinajstić information content (AvgIpc) is 3.10. The summed E-state index contributed by atoms with van der Waals surface area (Å²) in [6.45, 7) is -1.45. The van der Waals surface area contributed by atoms with Gasteiger partial charge < -0.3 is 9.80 Å². The van der Waals surface area contributed by atoms with Crippen LogP contribution in [0.4, 0.5) is 69.2 Å². The summed E-state index contributed by atoms with van der Waals surface area (Å²) < 4.78 is 121. The summed E-state index contributed by atoms with van der Waals surface area (Å²) in [6.07, 6.45) is 0. The van der Waals surface area contributed by atoms with Gasteiger partial charge in [0, 0.05) is 38.2 Å². The van der Waals surface area contributed by atoms with E-state index in [9.17, 15) is 13.2 Å². The summed E-state index contributed by atoms with van der Waals surface area (Å²) in [5, 5.41) is 0. The number of benzene rings is 6. The SMILES string of the molecule is Fc1ccc2c(c1)B1c3cc(F)ccc3N3c4ccc(F)cc4B4c5ccccc5Sc5cc(c1c3c54)N2c1c(F)c(F)c(F)c(F)c1F. The van der Waals surface area contributed by atoms with Crippen LogP contribution in [0.25, 0.3) is 0 Å². The van der Waals surface area contributed by atoms with Gasteiger partial charge in [-0.05, 0) is 94.0 Å². The zero-order chi connectivity index (χ0) is 33.6. The normalized spacial score (nSPS) is 14.3. The van der Waals surface area contributed by atoms with Crippen LogP contribution < -0.4 is 42.6 Å². The van der Waals surface area contributed by atoms with Crippen molar-refractivity contribution in [1.29, 1.82) is 0 Å². The lowest BCUT2D eigenvalue weighted by atomic mass is 9.29. The minimum atomic E-state index is -2.32. The Morgan fingerprint density at radius 2 is 0.878 bits per heavy atom. The molecular weight excluding hydrogens is 666 g/mol. The molecule has 49 heavy (non-hydrogen) atoms. The summed E-state index contributed by atoms with van der Waals surface area (Å²) in [6, 6.07) is 21.0. The van der Waals surface area contributed by atoms with Crippen molar-refractivity contribution in [3.63, 3.8) is 0 Å². The second-order valence-electron chi connectivity index (χ2n) is 12.3. The summed E-state index contributed by atoms with van der Waals surface area (Å²) >= 11 is 1.35. The zero-order valence-corrected chi connectivity index (χ0v) is 25.4. The second-order valence-corrected chi connectivity index (χ2v) is 13.4. The maximum atomic E-state index is 15.8. The number of hydrogen-bond donors (Lipinski definition) is 0. The van der Waals surface area contributed by atoms with E-state index in [1.807, 2.05) is 29.2 Å². The molecule has 0 spiro atoms. The lowest BCUT2D eigenvalue weighted by Gasteiger charge is -2.49. The molecule has 4 aliphatic rings. The predicted molar refractivity (Wildman–Crippen MR) is 175 cm³/mol. The number of nitrogens with zero attached hydrogens (tertiary/aromatic N) is 2. The first kappa shape index (κ1) is 28.8. The summed E-state index contributed by atoms with van der Waals surface area (Å²) in [5.41, 5.74) is 3.43. The van der Waals surface area contributed by atoms with Crippen molar-refractivity contribution in [1.82, 2.24) is 0 Å². The molecule has 0 atom stereocenters. The minimum Gasteiger partial charge on any atom is -0.312 e. The van der Waals surface area contributed by atoms with Crippen molar-refractivity contribution in [3.8, 4) is 0 Å². The number of halogens is 8. The van der Waals surface area contributed by atoms with Gasteiger partial charge in [-0.2, -0.15) is 0 Å². The van der Waals surface area contributed by atoms with Crippen LogP contribution in [0.1, 0.15) is 0 Å². The van der Waals surface area contributed by atoms with Crippen LogP contribution in [-0.2, 0) is 0 Å². The van der Waals surface area contributed by atoms with Gasteiger partial charge in [-0.1, -0.05) is 35.4 Å². The van der Waals surface area contributed by atoms with E-state index < -0.39 is 65.7 Å². The molecule has 4 aliphatic heterocycles. The fourth-order valence-electron chi connectivity index (χ4n) is 8.04. The quantitative estimate of drug-likeness (QED) is 0.0887.